The number of amides is 2. The van der Waals surface area contributed by atoms with Gasteiger partial charge in [0.2, 0.25) is 0 Å². The number of anilines is 1. The number of carbonyl (C=O) groups is 2. The zero-order valence-corrected chi connectivity index (χ0v) is 10.8. The van der Waals surface area contributed by atoms with Crippen molar-refractivity contribution in [2.45, 2.75) is 25.3 Å². The van der Waals surface area contributed by atoms with Crippen molar-refractivity contribution in [3.8, 4) is 0 Å². The zero-order valence-electron chi connectivity index (χ0n) is 10.8. The largest absolute Gasteiger partial charge is 0.478 e. The molecule has 5 nitrogen and oxygen atoms in total. The Hall–Kier alpha value is -2.11. The quantitative estimate of drug-likeness (QED) is 0.873. The maximum Gasteiger partial charge on any atom is 0.335 e. The summed E-state index contributed by atoms with van der Waals surface area (Å²) >= 11 is 0. The number of likely N-dealkylation sites (tertiary alicyclic amines) is 1. The fourth-order valence-corrected chi connectivity index (χ4v) is 3.11. The number of fused-ring (bicyclic) bond motifs is 2. The summed E-state index contributed by atoms with van der Waals surface area (Å²) in [6, 6.07) is 3.43. The first-order valence-electron chi connectivity index (χ1n) is 6.65. The van der Waals surface area contributed by atoms with Crippen LogP contribution in [0, 0.1) is 11.7 Å². The summed E-state index contributed by atoms with van der Waals surface area (Å²) < 4.78 is 13.7. The van der Waals surface area contributed by atoms with E-state index in [4.69, 9.17) is 5.11 Å². The molecule has 1 aromatic rings. The van der Waals surface area contributed by atoms with E-state index in [1.165, 1.54) is 12.1 Å². The van der Waals surface area contributed by atoms with Crippen molar-refractivity contribution >= 4 is 17.7 Å². The molecule has 0 spiro atoms. The van der Waals surface area contributed by atoms with Gasteiger partial charge in [-0.2, -0.15) is 0 Å². The van der Waals surface area contributed by atoms with E-state index >= 15 is 0 Å². The fraction of sp³-hybridized carbons (Fsp3) is 0.429. The number of rotatable bonds is 2. The van der Waals surface area contributed by atoms with Gasteiger partial charge in [-0.05, 0) is 43.4 Å². The summed E-state index contributed by atoms with van der Waals surface area (Å²) in [5, 5.41) is 11.3. The van der Waals surface area contributed by atoms with E-state index in [9.17, 15) is 14.0 Å². The number of aromatic carboxylic acids is 1. The Balaban J connectivity index is 1.71. The number of nitrogens with one attached hydrogen (secondary N) is 1. The van der Waals surface area contributed by atoms with Crippen molar-refractivity contribution in [3.05, 3.63) is 29.6 Å². The molecule has 106 valence electrons. The second-order valence-electron chi connectivity index (χ2n) is 5.42. The third-order valence-electron chi connectivity index (χ3n) is 4.13. The molecule has 2 N–H and O–H groups in total. The molecule has 2 atom stereocenters. The van der Waals surface area contributed by atoms with Crippen LogP contribution in [0.3, 0.4) is 0 Å². The number of nitrogens with zero attached hydrogens (tertiary/aromatic N) is 1. The number of carbonyl (C=O) groups excluding carboxylic acids is 1. The predicted octanol–water partition coefficient (Wildman–Crippen LogP) is 2.54. The van der Waals surface area contributed by atoms with Gasteiger partial charge in [0.1, 0.15) is 5.82 Å². The number of carboxylic acid groups (broad SMARTS) is 1. The Morgan fingerprint density at radius 2 is 2.15 bits per heavy atom. The van der Waals surface area contributed by atoms with E-state index in [1.54, 1.807) is 4.90 Å². The Bertz CT molecular complexity index is 576. The SMILES string of the molecule is O=C(O)c1ccc(NC(=O)N2CC3CCC2C3)c(F)c1. The van der Waals surface area contributed by atoms with Crippen LogP contribution < -0.4 is 5.32 Å². The molecule has 20 heavy (non-hydrogen) atoms. The molecule has 1 saturated heterocycles. The van der Waals surface area contributed by atoms with E-state index < -0.39 is 11.8 Å². The number of halogens is 1. The molecule has 6 heteroatoms. The van der Waals surface area contributed by atoms with Gasteiger partial charge in [0.15, 0.2) is 0 Å². The number of benzene rings is 1. The van der Waals surface area contributed by atoms with Gasteiger partial charge in [0.05, 0.1) is 11.3 Å². The van der Waals surface area contributed by atoms with Crippen LogP contribution >= 0.6 is 0 Å². The van der Waals surface area contributed by atoms with Gasteiger partial charge in [-0.15, -0.1) is 0 Å². The van der Waals surface area contributed by atoms with Crippen LogP contribution in [0.15, 0.2) is 18.2 Å². The van der Waals surface area contributed by atoms with Crippen LogP contribution in [0.25, 0.3) is 0 Å². The molecule has 3 rings (SSSR count). The second kappa shape index (κ2) is 4.77. The highest BCUT2D eigenvalue weighted by molar-refractivity contribution is 5.92. The third-order valence-corrected chi connectivity index (χ3v) is 4.13. The molecule has 0 aromatic heterocycles. The monoisotopic (exact) mass is 278 g/mol. The van der Waals surface area contributed by atoms with E-state index in [0.717, 1.165) is 31.9 Å². The molecule has 2 bridgehead atoms. The lowest BCUT2D eigenvalue weighted by molar-refractivity contribution is 0.0696. The maximum absolute atomic E-state index is 13.7. The molecule has 2 amide bonds. The highest BCUT2D eigenvalue weighted by Crippen LogP contribution is 2.37. The molecule has 2 unspecified atom stereocenters. The van der Waals surface area contributed by atoms with Gasteiger partial charge in [0, 0.05) is 12.6 Å². The van der Waals surface area contributed by atoms with E-state index in [-0.39, 0.29) is 23.3 Å². The minimum Gasteiger partial charge on any atom is -0.478 e. The lowest BCUT2D eigenvalue weighted by Crippen LogP contribution is -2.40. The number of carboxylic acids is 1. The smallest absolute Gasteiger partial charge is 0.335 e. The van der Waals surface area contributed by atoms with Crippen LogP contribution in [-0.4, -0.2) is 34.6 Å². The first-order valence-corrected chi connectivity index (χ1v) is 6.65. The number of urea groups is 1. The van der Waals surface area contributed by atoms with E-state index in [2.05, 4.69) is 5.32 Å². The standard InChI is InChI=1S/C14H15FN2O3/c15-11-6-9(13(18)19)2-4-12(11)16-14(20)17-7-8-1-3-10(17)5-8/h2,4,6,8,10H,1,3,5,7H2,(H,16,20)(H,18,19). The average Bonchev–Trinajstić information content (AvgIpc) is 3.03. The third kappa shape index (κ3) is 2.21. The number of piperidine rings is 1. The molecule has 1 saturated carbocycles. The minimum atomic E-state index is -1.20. The molecule has 2 fully saturated rings. The van der Waals surface area contributed by atoms with Gasteiger partial charge in [-0.1, -0.05) is 0 Å². The molecule has 1 aromatic carbocycles. The van der Waals surface area contributed by atoms with Crippen molar-refractivity contribution in [2.24, 2.45) is 5.92 Å². The van der Waals surface area contributed by atoms with Crippen LogP contribution in [-0.2, 0) is 0 Å². The van der Waals surface area contributed by atoms with Crippen molar-refractivity contribution in [1.29, 1.82) is 0 Å². The normalized spacial score (nSPS) is 23.9. The molecule has 1 aliphatic heterocycles. The first-order chi connectivity index (χ1) is 9.54. The van der Waals surface area contributed by atoms with Crippen LogP contribution in [0.2, 0.25) is 0 Å². The van der Waals surface area contributed by atoms with E-state index in [1.807, 2.05) is 0 Å². The Morgan fingerprint density at radius 1 is 1.35 bits per heavy atom. The lowest BCUT2D eigenvalue weighted by atomic mass is 10.1. The number of hydrogen-bond acceptors (Lipinski definition) is 2. The molecule has 2 aliphatic rings. The molecule has 1 aliphatic carbocycles. The minimum absolute atomic E-state index is 0.0165. The van der Waals surface area contributed by atoms with E-state index in [0.29, 0.717) is 5.92 Å². The van der Waals surface area contributed by atoms with Gasteiger partial charge in [0.25, 0.3) is 0 Å². The second-order valence-corrected chi connectivity index (χ2v) is 5.42. The zero-order chi connectivity index (χ0) is 14.3. The summed E-state index contributed by atoms with van der Waals surface area (Å²) in [5.41, 5.74) is -0.122. The topological polar surface area (TPSA) is 69.6 Å². The maximum atomic E-state index is 13.7. The molecule has 0 radical (unpaired) electrons. The van der Waals surface area contributed by atoms with Gasteiger partial charge < -0.3 is 15.3 Å². The van der Waals surface area contributed by atoms with Crippen LogP contribution in [0.4, 0.5) is 14.9 Å². The first kappa shape index (κ1) is 12.9. The molecular weight excluding hydrogens is 263 g/mol. The number of hydrogen-bond donors (Lipinski definition) is 2. The highest BCUT2D eigenvalue weighted by Gasteiger charge is 2.40. The van der Waals surface area contributed by atoms with Crippen molar-refractivity contribution < 1.29 is 19.1 Å². The lowest BCUT2D eigenvalue weighted by Gasteiger charge is -2.27. The molecule has 1 heterocycles. The van der Waals surface area contributed by atoms with Gasteiger partial charge in [-0.25, -0.2) is 14.0 Å². The summed E-state index contributed by atoms with van der Waals surface area (Å²) in [6.07, 6.45) is 3.21. The summed E-state index contributed by atoms with van der Waals surface area (Å²) in [6.45, 7) is 0.728. The predicted molar refractivity (Wildman–Crippen MR) is 70.2 cm³/mol. The summed E-state index contributed by atoms with van der Waals surface area (Å²) in [7, 11) is 0. The Labute approximate surface area is 115 Å². The summed E-state index contributed by atoms with van der Waals surface area (Å²) in [4.78, 5) is 24.6. The highest BCUT2D eigenvalue weighted by atomic mass is 19.1. The van der Waals surface area contributed by atoms with Gasteiger partial charge >= 0.3 is 12.0 Å². The van der Waals surface area contributed by atoms with Crippen molar-refractivity contribution in [2.75, 3.05) is 11.9 Å². The Morgan fingerprint density at radius 3 is 2.70 bits per heavy atom. The molecular formula is C14H15FN2O3. The van der Waals surface area contributed by atoms with Crippen LogP contribution in [0.1, 0.15) is 29.6 Å². The Kier molecular flexibility index (Phi) is 3.08. The van der Waals surface area contributed by atoms with Crippen molar-refractivity contribution in [1.82, 2.24) is 4.90 Å². The average molecular weight is 278 g/mol. The van der Waals surface area contributed by atoms with Crippen LogP contribution in [0.5, 0.6) is 0 Å². The summed E-state index contributed by atoms with van der Waals surface area (Å²) in [5.74, 6) is -1.36. The van der Waals surface area contributed by atoms with Gasteiger partial charge in [-0.3, -0.25) is 0 Å². The fourth-order valence-electron chi connectivity index (χ4n) is 3.11. The van der Waals surface area contributed by atoms with Crippen molar-refractivity contribution in [3.63, 3.8) is 0 Å².